The van der Waals surface area contributed by atoms with Gasteiger partial charge >= 0.3 is 0 Å². The molecule has 0 aliphatic carbocycles. The Bertz CT molecular complexity index is 317. The van der Waals surface area contributed by atoms with Crippen LogP contribution in [0.15, 0.2) is 0 Å². The lowest BCUT2D eigenvalue weighted by Gasteiger charge is -2.11. The van der Waals surface area contributed by atoms with E-state index in [1.165, 1.54) is 0 Å². The molecule has 1 heterocycles. The van der Waals surface area contributed by atoms with E-state index < -0.39 is 0 Å². The van der Waals surface area contributed by atoms with Gasteiger partial charge in [-0.15, -0.1) is 0 Å². The first-order chi connectivity index (χ1) is 6.49. The molecule has 0 bridgehead atoms. The van der Waals surface area contributed by atoms with E-state index >= 15 is 0 Å². The third-order valence-corrected chi connectivity index (χ3v) is 2.44. The van der Waals surface area contributed by atoms with E-state index in [4.69, 9.17) is 10.8 Å². The minimum absolute atomic E-state index is 0.0362. The van der Waals surface area contributed by atoms with Gasteiger partial charge in [-0.25, -0.2) is 0 Å². The smallest absolute Gasteiger partial charge is 0.0645 e. The van der Waals surface area contributed by atoms with Gasteiger partial charge < -0.3 is 10.8 Å². The summed E-state index contributed by atoms with van der Waals surface area (Å²) in [4.78, 5) is 0. The highest BCUT2D eigenvalue weighted by atomic mass is 16.3. The summed E-state index contributed by atoms with van der Waals surface area (Å²) in [6, 6.07) is 0.0100. The van der Waals surface area contributed by atoms with Gasteiger partial charge in [-0.3, -0.25) is 4.68 Å². The van der Waals surface area contributed by atoms with E-state index in [1.807, 2.05) is 18.5 Å². The van der Waals surface area contributed by atoms with E-state index in [0.717, 1.165) is 17.0 Å². The molecule has 1 aromatic rings. The van der Waals surface area contributed by atoms with Crippen LogP contribution in [0.2, 0.25) is 0 Å². The Labute approximate surface area is 84.7 Å². The molecule has 14 heavy (non-hydrogen) atoms. The molecule has 1 aromatic heterocycles. The molecule has 0 saturated heterocycles. The van der Waals surface area contributed by atoms with Crippen LogP contribution in [0.25, 0.3) is 0 Å². The van der Waals surface area contributed by atoms with E-state index in [1.54, 1.807) is 0 Å². The first-order valence-corrected chi connectivity index (χ1v) is 4.91. The second-order valence-electron chi connectivity index (χ2n) is 3.91. The number of nitrogens with zero attached hydrogens (tertiary/aromatic N) is 2. The van der Waals surface area contributed by atoms with Crippen LogP contribution in [0.5, 0.6) is 0 Å². The average Bonchev–Trinajstić information content (AvgIpc) is 2.41. The molecule has 1 rings (SSSR count). The molecule has 0 aliphatic heterocycles. The van der Waals surface area contributed by atoms with Gasteiger partial charge in [0.2, 0.25) is 0 Å². The number of aliphatic hydroxyl groups excluding tert-OH is 1. The van der Waals surface area contributed by atoms with Gasteiger partial charge in [0, 0.05) is 17.3 Å². The Balaban J connectivity index is 3.17. The zero-order valence-electron chi connectivity index (χ0n) is 9.28. The third kappa shape index (κ3) is 1.81. The van der Waals surface area contributed by atoms with Crippen molar-refractivity contribution in [1.82, 2.24) is 9.78 Å². The zero-order valence-corrected chi connectivity index (χ0v) is 9.28. The summed E-state index contributed by atoms with van der Waals surface area (Å²) in [5, 5.41) is 13.4. The summed E-state index contributed by atoms with van der Waals surface area (Å²) in [5.41, 5.74) is 8.75. The van der Waals surface area contributed by atoms with Crippen molar-refractivity contribution in [3.05, 3.63) is 17.0 Å². The molecule has 0 fully saturated rings. The van der Waals surface area contributed by atoms with Crippen molar-refractivity contribution in [3.8, 4) is 0 Å². The molecule has 80 valence electrons. The predicted molar refractivity (Wildman–Crippen MR) is 56.1 cm³/mol. The predicted octanol–water partition coefficient (Wildman–Crippen LogP) is 1.07. The molecule has 0 amide bonds. The minimum Gasteiger partial charge on any atom is -0.394 e. The molecule has 4 nitrogen and oxygen atoms in total. The number of nitrogens with two attached hydrogens (primary N) is 1. The van der Waals surface area contributed by atoms with Crippen molar-refractivity contribution in [3.63, 3.8) is 0 Å². The Morgan fingerprint density at radius 1 is 1.43 bits per heavy atom. The Morgan fingerprint density at radius 3 is 2.36 bits per heavy atom. The number of hydrogen-bond acceptors (Lipinski definition) is 3. The molecule has 0 aromatic carbocycles. The van der Waals surface area contributed by atoms with Crippen LogP contribution in [0.4, 0.5) is 0 Å². The van der Waals surface area contributed by atoms with Gasteiger partial charge in [0.1, 0.15) is 0 Å². The van der Waals surface area contributed by atoms with Crippen LogP contribution in [0.1, 0.15) is 42.9 Å². The Kier molecular flexibility index (Phi) is 3.29. The summed E-state index contributed by atoms with van der Waals surface area (Å²) in [7, 11) is 0. The summed E-state index contributed by atoms with van der Waals surface area (Å²) in [6.45, 7) is 8.04. The fraction of sp³-hybridized carbons (Fsp3) is 0.700. The molecule has 3 N–H and O–H groups in total. The molecule has 0 radical (unpaired) electrons. The van der Waals surface area contributed by atoms with Gasteiger partial charge in [-0.05, 0) is 27.7 Å². The standard InChI is InChI=1S/C10H19N3O/c1-6(2)13-8(4)10(7(3)12-13)9(11)5-14/h6,9,14H,5,11H2,1-4H3/t9-/m0/s1. The lowest BCUT2D eigenvalue weighted by Crippen LogP contribution is -2.16. The SMILES string of the molecule is Cc1nn(C(C)C)c(C)c1[C@@H](N)CO. The van der Waals surface area contributed by atoms with Crippen molar-refractivity contribution < 1.29 is 5.11 Å². The lowest BCUT2D eigenvalue weighted by atomic mass is 10.1. The van der Waals surface area contributed by atoms with Crippen molar-refractivity contribution in [2.75, 3.05) is 6.61 Å². The quantitative estimate of drug-likeness (QED) is 0.762. The van der Waals surface area contributed by atoms with E-state index in [2.05, 4.69) is 18.9 Å². The largest absolute Gasteiger partial charge is 0.394 e. The van der Waals surface area contributed by atoms with E-state index in [0.29, 0.717) is 6.04 Å². The molecular weight excluding hydrogens is 178 g/mol. The van der Waals surface area contributed by atoms with Gasteiger partial charge in [-0.1, -0.05) is 0 Å². The molecular formula is C10H19N3O. The van der Waals surface area contributed by atoms with Gasteiger partial charge in [0.25, 0.3) is 0 Å². The third-order valence-electron chi connectivity index (χ3n) is 2.44. The van der Waals surface area contributed by atoms with Crippen LogP contribution in [-0.2, 0) is 0 Å². The number of aliphatic hydroxyl groups is 1. The van der Waals surface area contributed by atoms with Gasteiger partial charge in [0.05, 0.1) is 18.3 Å². The summed E-state index contributed by atoms with van der Waals surface area (Å²) in [6.07, 6.45) is 0. The van der Waals surface area contributed by atoms with Crippen molar-refractivity contribution in [2.24, 2.45) is 5.73 Å². The minimum atomic E-state index is -0.317. The number of rotatable bonds is 3. The Hall–Kier alpha value is -0.870. The molecule has 0 unspecified atom stereocenters. The second-order valence-corrected chi connectivity index (χ2v) is 3.91. The maximum atomic E-state index is 9.02. The van der Waals surface area contributed by atoms with Crippen molar-refractivity contribution in [1.29, 1.82) is 0 Å². The molecule has 1 atom stereocenters. The number of aryl methyl sites for hydroxylation is 1. The van der Waals surface area contributed by atoms with Crippen LogP contribution in [-0.4, -0.2) is 21.5 Å². The zero-order chi connectivity index (χ0) is 10.9. The molecule has 4 heteroatoms. The van der Waals surface area contributed by atoms with E-state index in [9.17, 15) is 0 Å². The summed E-state index contributed by atoms with van der Waals surface area (Å²) >= 11 is 0. The second kappa shape index (κ2) is 4.11. The Morgan fingerprint density at radius 2 is 2.00 bits per heavy atom. The van der Waals surface area contributed by atoms with Crippen LogP contribution >= 0.6 is 0 Å². The maximum Gasteiger partial charge on any atom is 0.0645 e. The normalized spacial score (nSPS) is 13.6. The monoisotopic (exact) mass is 197 g/mol. The summed E-state index contributed by atoms with van der Waals surface area (Å²) < 4.78 is 1.94. The van der Waals surface area contributed by atoms with Crippen LogP contribution < -0.4 is 5.73 Å². The van der Waals surface area contributed by atoms with Crippen LogP contribution in [0, 0.1) is 13.8 Å². The maximum absolute atomic E-state index is 9.02. The van der Waals surface area contributed by atoms with Crippen molar-refractivity contribution in [2.45, 2.75) is 39.8 Å². The first-order valence-electron chi connectivity index (χ1n) is 4.91. The molecule has 0 saturated carbocycles. The molecule has 0 spiro atoms. The number of hydrogen-bond donors (Lipinski definition) is 2. The van der Waals surface area contributed by atoms with Crippen LogP contribution in [0.3, 0.4) is 0 Å². The first kappa shape index (κ1) is 11.2. The fourth-order valence-electron chi connectivity index (χ4n) is 1.81. The number of aromatic nitrogens is 2. The summed E-state index contributed by atoms with van der Waals surface area (Å²) in [5.74, 6) is 0. The fourth-order valence-corrected chi connectivity index (χ4v) is 1.81. The highest BCUT2D eigenvalue weighted by Crippen LogP contribution is 2.21. The molecule has 0 aliphatic rings. The van der Waals surface area contributed by atoms with Crippen molar-refractivity contribution >= 4 is 0 Å². The van der Waals surface area contributed by atoms with E-state index in [-0.39, 0.29) is 12.6 Å². The highest BCUT2D eigenvalue weighted by molar-refractivity contribution is 5.28. The highest BCUT2D eigenvalue weighted by Gasteiger charge is 2.18. The lowest BCUT2D eigenvalue weighted by molar-refractivity contribution is 0.267. The topological polar surface area (TPSA) is 64.1 Å². The average molecular weight is 197 g/mol. The van der Waals surface area contributed by atoms with Gasteiger partial charge in [0.15, 0.2) is 0 Å². The van der Waals surface area contributed by atoms with Gasteiger partial charge in [-0.2, -0.15) is 5.10 Å².